The third kappa shape index (κ3) is 5.17. The van der Waals surface area contributed by atoms with E-state index in [9.17, 15) is 18.0 Å². The molecular formula is C21H31N3O4S. The molecule has 0 saturated carbocycles. The molecule has 8 heteroatoms. The number of nitrogens with one attached hydrogen (secondary N) is 1. The van der Waals surface area contributed by atoms with E-state index >= 15 is 0 Å². The van der Waals surface area contributed by atoms with Crippen LogP contribution in [0.1, 0.15) is 40.0 Å². The zero-order valence-electron chi connectivity index (χ0n) is 17.4. The van der Waals surface area contributed by atoms with Gasteiger partial charge in [0.2, 0.25) is 21.8 Å². The third-order valence-electron chi connectivity index (χ3n) is 5.83. The van der Waals surface area contributed by atoms with Crippen LogP contribution in [-0.4, -0.2) is 55.6 Å². The Kier molecular flexibility index (Phi) is 6.63. The van der Waals surface area contributed by atoms with Gasteiger partial charge >= 0.3 is 0 Å². The lowest BCUT2D eigenvalue weighted by Gasteiger charge is -2.34. The van der Waals surface area contributed by atoms with E-state index in [4.69, 9.17) is 0 Å². The fourth-order valence-electron chi connectivity index (χ4n) is 4.38. The minimum absolute atomic E-state index is 0.0154. The molecule has 7 nitrogen and oxygen atoms in total. The van der Waals surface area contributed by atoms with Crippen molar-refractivity contribution in [3.8, 4) is 0 Å². The maximum absolute atomic E-state index is 13.0. The molecular weight excluding hydrogens is 390 g/mol. The zero-order valence-corrected chi connectivity index (χ0v) is 18.2. The molecule has 0 spiro atoms. The number of anilines is 1. The Labute approximate surface area is 173 Å². The molecule has 1 N–H and O–H groups in total. The van der Waals surface area contributed by atoms with E-state index < -0.39 is 10.0 Å². The quantitative estimate of drug-likeness (QED) is 0.809. The second-order valence-electron chi connectivity index (χ2n) is 8.59. The Bertz CT molecular complexity index is 843. The van der Waals surface area contributed by atoms with Crippen LogP contribution in [0.25, 0.3) is 0 Å². The van der Waals surface area contributed by atoms with Crippen LogP contribution in [0.3, 0.4) is 0 Å². The Morgan fingerprint density at radius 3 is 2.24 bits per heavy atom. The normalized spacial score (nSPS) is 26.2. The number of nitrogens with zero attached hydrogens (tertiary/aromatic N) is 2. The lowest BCUT2D eigenvalue weighted by Crippen LogP contribution is -2.43. The number of hydrogen-bond acceptors (Lipinski definition) is 4. The van der Waals surface area contributed by atoms with Gasteiger partial charge in [-0.05, 0) is 55.4 Å². The van der Waals surface area contributed by atoms with Crippen molar-refractivity contribution in [2.75, 3.05) is 31.5 Å². The van der Waals surface area contributed by atoms with Gasteiger partial charge in [0.15, 0.2) is 0 Å². The molecule has 2 heterocycles. The number of amides is 2. The van der Waals surface area contributed by atoms with Crippen LogP contribution >= 0.6 is 0 Å². The summed E-state index contributed by atoms with van der Waals surface area (Å²) in [5.74, 6) is 0.297. The van der Waals surface area contributed by atoms with Gasteiger partial charge in [-0.3, -0.25) is 9.59 Å². The summed E-state index contributed by atoms with van der Waals surface area (Å²) in [7, 11) is -3.53. The van der Waals surface area contributed by atoms with Gasteiger partial charge in [-0.25, -0.2) is 8.42 Å². The Hall–Kier alpha value is -1.93. The van der Waals surface area contributed by atoms with Gasteiger partial charge in [0.05, 0.1) is 10.8 Å². The second-order valence-corrected chi connectivity index (χ2v) is 10.5. The number of likely N-dealkylation sites (tertiary alicyclic amines) is 1. The van der Waals surface area contributed by atoms with E-state index in [-0.39, 0.29) is 22.6 Å². The molecule has 0 radical (unpaired) electrons. The van der Waals surface area contributed by atoms with Gasteiger partial charge in [-0.15, -0.1) is 0 Å². The SMILES string of the molecule is CC(=O)N1CCC[C@@H](C(=O)Nc2ccc(S(=O)(=O)N3C[C@H](C)C[C@@H](C)C3)cc2)C1. The third-order valence-corrected chi connectivity index (χ3v) is 7.68. The number of benzene rings is 1. The summed E-state index contributed by atoms with van der Waals surface area (Å²) in [4.78, 5) is 26.1. The number of hydrogen-bond donors (Lipinski definition) is 1. The van der Waals surface area contributed by atoms with E-state index in [1.54, 1.807) is 33.5 Å². The molecule has 3 rings (SSSR count). The van der Waals surface area contributed by atoms with Crippen molar-refractivity contribution in [1.82, 2.24) is 9.21 Å². The molecule has 2 saturated heterocycles. The average molecular weight is 422 g/mol. The molecule has 0 aliphatic carbocycles. The van der Waals surface area contributed by atoms with Crippen LogP contribution in [0.15, 0.2) is 29.2 Å². The van der Waals surface area contributed by atoms with Crippen molar-refractivity contribution >= 4 is 27.5 Å². The number of rotatable bonds is 4. The maximum atomic E-state index is 13.0. The Morgan fingerprint density at radius 2 is 1.66 bits per heavy atom. The first-order chi connectivity index (χ1) is 13.7. The first-order valence-corrected chi connectivity index (χ1v) is 11.8. The van der Waals surface area contributed by atoms with Crippen LogP contribution in [0.4, 0.5) is 5.69 Å². The van der Waals surface area contributed by atoms with E-state index in [1.165, 1.54) is 6.92 Å². The summed E-state index contributed by atoms with van der Waals surface area (Å²) in [6, 6.07) is 6.37. The lowest BCUT2D eigenvalue weighted by atomic mass is 9.94. The highest BCUT2D eigenvalue weighted by molar-refractivity contribution is 7.89. The second kappa shape index (κ2) is 8.83. The largest absolute Gasteiger partial charge is 0.342 e. The number of carbonyl (C=O) groups excluding carboxylic acids is 2. The van der Waals surface area contributed by atoms with Gasteiger partial charge < -0.3 is 10.2 Å². The molecule has 1 aromatic carbocycles. The number of carbonyl (C=O) groups is 2. The van der Waals surface area contributed by atoms with Crippen LogP contribution in [-0.2, 0) is 19.6 Å². The molecule has 2 aliphatic rings. The van der Waals surface area contributed by atoms with Crippen molar-refractivity contribution < 1.29 is 18.0 Å². The van der Waals surface area contributed by atoms with Crippen molar-refractivity contribution in [3.63, 3.8) is 0 Å². The monoisotopic (exact) mass is 421 g/mol. The van der Waals surface area contributed by atoms with Crippen LogP contribution in [0.2, 0.25) is 0 Å². The van der Waals surface area contributed by atoms with Gasteiger partial charge in [-0.2, -0.15) is 4.31 Å². The molecule has 3 atom stereocenters. The smallest absolute Gasteiger partial charge is 0.243 e. The van der Waals surface area contributed by atoms with E-state index in [0.29, 0.717) is 43.7 Å². The highest BCUT2D eigenvalue weighted by atomic mass is 32.2. The van der Waals surface area contributed by atoms with Gasteiger partial charge in [0, 0.05) is 38.8 Å². The average Bonchev–Trinajstić information content (AvgIpc) is 2.67. The zero-order chi connectivity index (χ0) is 21.2. The minimum atomic E-state index is -3.53. The van der Waals surface area contributed by atoms with Crippen molar-refractivity contribution in [2.45, 2.75) is 44.9 Å². The molecule has 2 fully saturated rings. The van der Waals surface area contributed by atoms with Crippen LogP contribution < -0.4 is 5.32 Å². The van der Waals surface area contributed by atoms with E-state index in [1.807, 2.05) is 0 Å². The van der Waals surface area contributed by atoms with Crippen molar-refractivity contribution in [1.29, 1.82) is 0 Å². The summed E-state index contributed by atoms with van der Waals surface area (Å²) in [5.41, 5.74) is 0.564. The van der Waals surface area contributed by atoms with Crippen molar-refractivity contribution in [2.24, 2.45) is 17.8 Å². The lowest BCUT2D eigenvalue weighted by molar-refractivity contribution is -0.132. The van der Waals surface area contributed by atoms with Gasteiger partial charge in [0.25, 0.3) is 0 Å². The molecule has 0 bridgehead atoms. The summed E-state index contributed by atoms with van der Waals surface area (Å²) in [6.45, 7) is 7.88. The van der Waals surface area contributed by atoms with Crippen LogP contribution in [0.5, 0.6) is 0 Å². The number of piperidine rings is 2. The highest BCUT2D eigenvalue weighted by Gasteiger charge is 2.32. The Morgan fingerprint density at radius 1 is 1.03 bits per heavy atom. The summed E-state index contributed by atoms with van der Waals surface area (Å²) in [6.07, 6.45) is 2.59. The molecule has 29 heavy (non-hydrogen) atoms. The first-order valence-electron chi connectivity index (χ1n) is 10.3. The fraction of sp³-hybridized carbons (Fsp3) is 0.619. The molecule has 0 unspecified atom stereocenters. The summed E-state index contributed by atoms with van der Waals surface area (Å²) < 4.78 is 27.5. The van der Waals surface area contributed by atoms with Crippen molar-refractivity contribution in [3.05, 3.63) is 24.3 Å². The Balaban J connectivity index is 1.65. The maximum Gasteiger partial charge on any atom is 0.243 e. The topological polar surface area (TPSA) is 86.8 Å². The predicted octanol–water partition coefficient (Wildman–Crippen LogP) is 2.55. The van der Waals surface area contributed by atoms with E-state index in [0.717, 1.165) is 19.3 Å². The molecule has 2 amide bonds. The molecule has 160 valence electrons. The van der Waals surface area contributed by atoms with Gasteiger partial charge in [0.1, 0.15) is 0 Å². The van der Waals surface area contributed by atoms with E-state index in [2.05, 4.69) is 19.2 Å². The number of sulfonamides is 1. The first kappa shape index (κ1) is 21.8. The molecule has 1 aromatic rings. The predicted molar refractivity (Wildman–Crippen MR) is 112 cm³/mol. The highest BCUT2D eigenvalue weighted by Crippen LogP contribution is 2.27. The van der Waals surface area contributed by atoms with Gasteiger partial charge in [-0.1, -0.05) is 13.8 Å². The van der Waals surface area contributed by atoms with Crippen LogP contribution in [0, 0.1) is 17.8 Å². The summed E-state index contributed by atoms with van der Waals surface area (Å²) in [5, 5.41) is 2.86. The molecule has 2 aliphatic heterocycles. The minimum Gasteiger partial charge on any atom is -0.342 e. The fourth-order valence-corrected chi connectivity index (χ4v) is 6.06. The molecule has 0 aromatic heterocycles. The standard InChI is InChI=1S/C21H31N3O4S/c1-15-11-16(2)13-24(12-15)29(27,28)20-8-6-19(7-9-20)22-21(26)18-5-4-10-23(14-18)17(3)25/h6-9,15-16,18H,4-5,10-14H2,1-3H3,(H,22,26)/t15-,16-,18-/m1/s1. The summed E-state index contributed by atoms with van der Waals surface area (Å²) >= 11 is 0.